The topological polar surface area (TPSA) is 89.9 Å². The van der Waals surface area contributed by atoms with Crippen LogP contribution in [0.15, 0.2) is 64.4 Å². The van der Waals surface area contributed by atoms with Gasteiger partial charge in [0.2, 0.25) is 5.89 Å². The van der Waals surface area contributed by atoms with Gasteiger partial charge in [-0.2, -0.15) is 4.98 Å². The molecule has 1 aliphatic carbocycles. The van der Waals surface area contributed by atoms with Crippen molar-refractivity contribution in [1.82, 2.24) is 24.7 Å². The second-order valence-electron chi connectivity index (χ2n) is 7.71. The van der Waals surface area contributed by atoms with Gasteiger partial charge in [0.1, 0.15) is 6.54 Å². The summed E-state index contributed by atoms with van der Waals surface area (Å²) in [4.78, 5) is 27.9. The highest BCUT2D eigenvalue weighted by Crippen LogP contribution is 2.57. The first kappa shape index (κ1) is 16.4. The van der Waals surface area contributed by atoms with Crippen molar-refractivity contribution in [3.05, 3.63) is 77.2 Å². The molecular formula is C21H18N6O2. The molecule has 29 heavy (non-hydrogen) atoms. The first-order valence-corrected chi connectivity index (χ1v) is 9.69. The van der Waals surface area contributed by atoms with Crippen molar-refractivity contribution < 1.29 is 4.52 Å². The van der Waals surface area contributed by atoms with Gasteiger partial charge >= 0.3 is 0 Å². The highest BCUT2D eigenvalue weighted by Gasteiger charge is 2.58. The summed E-state index contributed by atoms with van der Waals surface area (Å²) >= 11 is 0. The summed E-state index contributed by atoms with van der Waals surface area (Å²) in [5.41, 5.74) is 1.71. The zero-order valence-electron chi connectivity index (χ0n) is 15.5. The van der Waals surface area contributed by atoms with Gasteiger partial charge < -0.3 is 9.42 Å². The van der Waals surface area contributed by atoms with E-state index in [2.05, 4.69) is 49.3 Å². The van der Waals surface area contributed by atoms with Gasteiger partial charge in [0.15, 0.2) is 5.82 Å². The molecule has 8 heteroatoms. The Morgan fingerprint density at radius 1 is 1.10 bits per heavy atom. The van der Waals surface area contributed by atoms with Gasteiger partial charge in [0.25, 0.3) is 5.56 Å². The second kappa shape index (κ2) is 6.23. The van der Waals surface area contributed by atoms with E-state index in [-0.39, 0.29) is 12.1 Å². The van der Waals surface area contributed by atoms with Crippen LogP contribution in [0.5, 0.6) is 0 Å². The molecule has 1 saturated carbocycles. The van der Waals surface area contributed by atoms with Gasteiger partial charge in [-0.15, -0.1) is 0 Å². The molecule has 2 unspecified atom stereocenters. The number of hydrogen-bond acceptors (Lipinski definition) is 7. The molecule has 4 heterocycles. The van der Waals surface area contributed by atoms with Gasteiger partial charge in [0.05, 0.1) is 23.4 Å². The molecule has 6 rings (SSSR count). The number of aromatic nitrogens is 5. The maximum absolute atomic E-state index is 12.6. The van der Waals surface area contributed by atoms with E-state index in [9.17, 15) is 4.79 Å². The Labute approximate surface area is 165 Å². The fourth-order valence-electron chi connectivity index (χ4n) is 4.49. The molecule has 0 bridgehead atoms. The molecule has 2 atom stereocenters. The van der Waals surface area contributed by atoms with Crippen LogP contribution in [0.25, 0.3) is 10.9 Å². The van der Waals surface area contributed by atoms with Crippen molar-refractivity contribution in [3.63, 3.8) is 0 Å². The Hall–Kier alpha value is -3.55. The minimum Gasteiger partial charge on any atom is -0.371 e. The summed E-state index contributed by atoms with van der Waals surface area (Å²) in [6.45, 7) is 2.26. The van der Waals surface area contributed by atoms with E-state index in [1.54, 1.807) is 18.5 Å². The molecular weight excluding hydrogens is 368 g/mol. The minimum atomic E-state index is -0.140. The molecule has 2 aliphatic rings. The molecule has 0 spiro atoms. The quantitative estimate of drug-likeness (QED) is 0.530. The van der Waals surface area contributed by atoms with Crippen LogP contribution in [0.1, 0.15) is 17.6 Å². The van der Waals surface area contributed by atoms with Gasteiger partial charge in [-0.3, -0.25) is 14.3 Å². The summed E-state index contributed by atoms with van der Waals surface area (Å²) in [5, 5.41) is 4.72. The van der Waals surface area contributed by atoms with E-state index in [0.29, 0.717) is 34.5 Å². The Balaban J connectivity index is 1.17. The highest BCUT2D eigenvalue weighted by atomic mass is 16.5. The SMILES string of the molecule is O=c1c2ccncc2ncn1Cc1nc(C2C3CN(c4ccccc4)CC32)no1. The van der Waals surface area contributed by atoms with E-state index in [4.69, 9.17) is 4.52 Å². The number of piperidine rings is 1. The average molecular weight is 386 g/mol. The minimum absolute atomic E-state index is 0.140. The van der Waals surface area contributed by atoms with E-state index in [1.165, 1.54) is 16.6 Å². The lowest BCUT2D eigenvalue weighted by Gasteiger charge is -2.21. The van der Waals surface area contributed by atoms with Crippen molar-refractivity contribution in [1.29, 1.82) is 0 Å². The third-order valence-electron chi connectivity index (χ3n) is 6.03. The predicted octanol–water partition coefficient (Wildman–Crippen LogP) is 2.07. The summed E-state index contributed by atoms with van der Waals surface area (Å²) < 4.78 is 6.93. The van der Waals surface area contributed by atoms with Crippen molar-refractivity contribution in [2.24, 2.45) is 11.8 Å². The van der Waals surface area contributed by atoms with Crippen LogP contribution in [0.4, 0.5) is 5.69 Å². The summed E-state index contributed by atoms with van der Waals surface area (Å²) in [5.74, 6) is 2.68. The Morgan fingerprint density at radius 2 is 1.93 bits per heavy atom. The number of para-hydroxylation sites is 1. The lowest BCUT2D eigenvalue weighted by Crippen LogP contribution is -2.23. The van der Waals surface area contributed by atoms with Gasteiger partial charge in [-0.05, 0) is 30.0 Å². The smallest absolute Gasteiger partial charge is 0.261 e. The number of benzene rings is 1. The van der Waals surface area contributed by atoms with Crippen LogP contribution in [0.3, 0.4) is 0 Å². The van der Waals surface area contributed by atoms with E-state index in [0.717, 1.165) is 18.9 Å². The molecule has 4 aromatic rings. The van der Waals surface area contributed by atoms with Crippen molar-refractivity contribution in [2.45, 2.75) is 12.5 Å². The molecule has 0 N–H and O–H groups in total. The van der Waals surface area contributed by atoms with E-state index < -0.39 is 0 Å². The highest BCUT2D eigenvalue weighted by molar-refractivity contribution is 5.75. The Bertz CT molecular complexity index is 1240. The van der Waals surface area contributed by atoms with Gasteiger partial charge in [-0.1, -0.05) is 23.4 Å². The van der Waals surface area contributed by atoms with Crippen LogP contribution in [0.2, 0.25) is 0 Å². The lowest BCUT2D eigenvalue weighted by atomic mass is 10.2. The zero-order chi connectivity index (χ0) is 19.4. The Morgan fingerprint density at radius 3 is 2.76 bits per heavy atom. The number of hydrogen-bond donors (Lipinski definition) is 0. The molecule has 1 aliphatic heterocycles. The van der Waals surface area contributed by atoms with Gasteiger partial charge in [0, 0.05) is 30.9 Å². The van der Waals surface area contributed by atoms with Crippen LogP contribution >= 0.6 is 0 Å². The molecule has 8 nitrogen and oxygen atoms in total. The predicted molar refractivity (Wildman–Crippen MR) is 106 cm³/mol. The third-order valence-corrected chi connectivity index (χ3v) is 6.03. The number of rotatable bonds is 4. The molecule has 0 radical (unpaired) electrons. The third kappa shape index (κ3) is 2.71. The van der Waals surface area contributed by atoms with E-state index >= 15 is 0 Å². The van der Waals surface area contributed by atoms with E-state index in [1.807, 2.05) is 6.07 Å². The fourth-order valence-corrected chi connectivity index (χ4v) is 4.49. The van der Waals surface area contributed by atoms with Crippen LogP contribution < -0.4 is 10.5 Å². The maximum Gasteiger partial charge on any atom is 0.261 e. The second-order valence-corrected chi connectivity index (χ2v) is 7.71. The van der Waals surface area contributed by atoms with Crippen molar-refractivity contribution in [3.8, 4) is 0 Å². The summed E-state index contributed by atoms with van der Waals surface area (Å²) in [7, 11) is 0. The molecule has 0 amide bonds. The van der Waals surface area contributed by atoms with Crippen LogP contribution in [-0.2, 0) is 6.54 Å². The summed E-state index contributed by atoms with van der Waals surface area (Å²) in [6.07, 6.45) is 4.67. The van der Waals surface area contributed by atoms with Gasteiger partial charge in [-0.25, -0.2) is 4.98 Å². The maximum atomic E-state index is 12.6. The largest absolute Gasteiger partial charge is 0.371 e. The molecule has 3 aromatic heterocycles. The number of nitrogens with zero attached hydrogens (tertiary/aromatic N) is 6. The normalized spacial score (nSPS) is 22.8. The van der Waals surface area contributed by atoms with Crippen molar-refractivity contribution >= 4 is 16.6 Å². The standard InChI is InChI=1S/C21H18N6O2/c28-21-14-6-7-22-8-17(14)23-12-27(21)11-18-24-20(25-29-18)19-15-9-26(10-16(15)19)13-4-2-1-3-5-13/h1-8,12,15-16,19H,9-11H2. The number of anilines is 1. The monoisotopic (exact) mass is 386 g/mol. The number of pyridine rings is 1. The molecule has 144 valence electrons. The van der Waals surface area contributed by atoms with Crippen LogP contribution in [0, 0.1) is 11.8 Å². The van der Waals surface area contributed by atoms with Crippen LogP contribution in [-0.4, -0.2) is 37.8 Å². The molecule has 1 saturated heterocycles. The summed E-state index contributed by atoms with van der Waals surface area (Å²) in [6, 6.07) is 12.2. The first-order chi connectivity index (χ1) is 14.3. The lowest BCUT2D eigenvalue weighted by molar-refractivity contribution is 0.363. The fraction of sp³-hybridized carbons (Fsp3) is 0.286. The zero-order valence-corrected chi connectivity index (χ0v) is 15.5. The first-order valence-electron chi connectivity index (χ1n) is 9.69. The number of fused-ring (bicyclic) bond motifs is 2. The molecule has 1 aromatic carbocycles. The Kier molecular flexibility index (Phi) is 3.53. The van der Waals surface area contributed by atoms with Crippen molar-refractivity contribution in [2.75, 3.05) is 18.0 Å². The molecule has 2 fully saturated rings. The average Bonchev–Trinajstić information content (AvgIpc) is 3.11.